The summed E-state index contributed by atoms with van der Waals surface area (Å²) in [4.78, 5) is 20.8. The van der Waals surface area contributed by atoms with Crippen LogP contribution in [0.15, 0.2) is 0 Å². The minimum atomic E-state index is -0.965. The average Bonchev–Trinajstić information content (AvgIpc) is 2.15. The van der Waals surface area contributed by atoms with Crippen molar-refractivity contribution in [1.82, 2.24) is 0 Å². The van der Waals surface area contributed by atoms with Crippen LogP contribution in [-0.4, -0.2) is 41.2 Å². The molecule has 0 aliphatic heterocycles. The Morgan fingerprint density at radius 1 is 1.53 bits per heavy atom. The first-order valence-corrected chi connectivity index (χ1v) is 5.83. The molecule has 88 valence electrons. The molecule has 0 aromatic heterocycles. The highest BCUT2D eigenvalue weighted by Gasteiger charge is 2.09. The summed E-state index contributed by atoms with van der Waals surface area (Å²) in [7, 11) is 0. The molecule has 15 heavy (non-hydrogen) atoms. The van der Waals surface area contributed by atoms with Gasteiger partial charge in [0.05, 0.1) is 5.94 Å². The Balaban J connectivity index is 3.18. The van der Waals surface area contributed by atoms with Crippen LogP contribution in [0.1, 0.15) is 19.8 Å². The van der Waals surface area contributed by atoms with E-state index in [-0.39, 0.29) is 12.4 Å². The summed E-state index contributed by atoms with van der Waals surface area (Å²) >= 11 is 1.53. The predicted octanol–water partition coefficient (Wildman–Crippen LogP) is 0.475. The van der Waals surface area contributed by atoms with E-state index >= 15 is 0 Å². The number of hydrogen-bond donors (Lipinski definition) is 2. The molecule has 0 aromatic rings. The molecule has 0 fully saturated rings. The molecule has 0 aliphatic carbocycles. The molecule has 0 aromatic carbocycles. The Kier molecular flexibility index (Phi) is 8.35. The van der Waals surface area contributed by atoms with Crippen LogP contribution in [-0.2, 0) is 14.3 Å². The summed E-state index contributed by atoms with van der Waals surface area (Å²) in [5, 5.41) is 8.49. The van der Waals surface area contributed by atoms with E-state index in [4.69, 9.17) is 15.6 Å². The Bertz CT molecular complexity index is 210. The molecular weight excluding hydrogens is 218 g/mol. The zero-order valence-corrected chi connectivity index (χ0v) is 9.59. The predicted molar refractivity (Wildman–Crippen MR) is 58.8 cm³/mol. The van der Waals surface area contributed by atoms with Gasteiger partial charge < -0.3 is 15.6 Å². The van der Waals surface area contributed by atoms with E-state index in [9.17, 15) is 9.59 Å². The van der Waals surface area contributed by atoms with Gasteiger partial charge in [-0.2, -0.15) is 0 Å². The number of nitrogens with two attached hydrogens (primary N) is 1. The lowest BCUT2D eigenvalue weighted by Crippen LogP contribution is -2.29. The Hall–Kier alpha value is -0.590. The summed E-state index contributed by atoms with van der Waals surface area (Å²) < 4.78 is 5.02. The second kappa shape index (κ2) is 8.70. The van der Waals surface area contributed by atoms with Crippen LogP contribution in [0, 0.1) is 0 Å². The molecule has 0 aliphatic rings. The van der Waals surface area contributed by atoms with Gasteiger partial charge in [-0.1, -0.05) is 0 Å². The van der Waals surface area contributed by atoms with E-state index in [0.717, 1.165) is 12.2 Å². The molecule has 0 bridgehead atoms. The number of aliphatic carboxylic acids is 1. The van der Waals surface area contributed by atoms with Crippen molar-refractivity contribution in [2.24, 2.45) is 5.73 Å². The molecule has 6 heteroatoms. The fourth-order valence-electron chi connectivity index (χ4n) is 0.832. The van der Waals surface area contributed by atoms with Crippen LogP contribution in [0.2, 0.25) is 0 Å². The third-order valence-corrected chi connectivity index (χ3v) is 2.50. The third kappa shape index (κ3) is 9.71. The average molecular weight is 235 g/mol. The summed E-state index contributed by atoms with van der Waals surface area (Å²) in [6.07, 6.45) is 1.20. The number of rotatable bonds is 9. The van der Waals surface area contributed by atoms with Crippen molar-refractivity contribution >= 4 is 23.5 Å². The van der Waals surface area contributed by atoms with Gasteiger partial charge in [0.25, 0.3) is 0 Å². The van der Waals surface area contributed by atoms with Gasteiger partial charge in [0.15, 0.2) is 5.78 Å². The number of ketones is 1. The van der Waals surface area contributed by atoms with Gasteiger partial charge in [-0.25, -0.2) is 0 Å². The molecule has 0 saturated heterocycles. The highest BCUT2D eigenvalue weighted by atomic mass is 32.2. The van der Waals surface area contributed by atoms with E-state index in [1.54, 1.807) is 0 Å². The van der Waals surface area contributed by atoms with E-state index in [1.165, 1.54) is 18.7 Å². The number of thioether (sulfide) groups is 1. The quantitative estimate of drug-likeness (QED) is 0.446. The Morgan fingerprint density at radius 3 is 2.73 bits per heavy atom. The van der Waals surface area contributed by atoms with Gasteiger partial charge in [0, 0.05) is 0 Å². The Morgan fingerprint density at radius 2 is 2.20 bits per heavy atom. The van der Waals surface area contributed by atoms with Crippen molar-refractivity contribution in [2.45, 2.75) is 25.8 Å². The van der Waals surface area contributed by atoms with Crippen LogP contribution in [0.5, 0.6) is 0 Å². The monoisotopic (exact) mass is 235 g/mol. The van der Waals surface area contributed by atoms with Gasteiger partial charge in [-0.3, -0.25) is 9.59 Å². The lowest BCUT2D eigenvalue weighted by atomic mass is 10.2. The topological polar surface area (TPSA) is 89.6 Å². The van der Waals surface area contributed by atoms with E-state index in [0.29, 0.717) is 12.4 Å². The highest BCUT2D eigenvalue weighted by molar-refractivity contribution is 7.99. The maximum absolute atomic E-state index is 10.5. The number of carboxylic acids is 1. The van der Waals surface area contributed by atoms with Crippen molar-refractivity contribution < 1.29 is 19.4 Å². The summed E-state index contributed by atoms with van der Waals surface area (Å²) in [6.45, 7) is 1.61. The fraction of sp³-hybridized carbons (Fsp3) is 0.778. The summed E-state index contributed by atoms with van der Waals surface area (Å²) in [6, 6.07) is -0.774. The molecular formula is C9H17NO4S. The minimum Gasteiger partial charge on any atom is -0.480 e. The fourth-order valence-corrected chi connectivity index (χ4v) is 1.52. The van der Waals surface area contributed by atoms with Gasteiger partial charge in [-0.15, -0.1) is 11.8 Å². The maximum Gasteiger partial charge on any atom is 0.320 e. The second-order valence-corrected chi connectivity index (χ2v) is 4.22. The number of ether oxygens (including phenoxy) is 1. The molecule has 5 nitrogen and oxygen atoms in total. The van der Waals surface area contributed by atoms with Crippen molar-refractivity contribution in [3.05, 3.63) is 0 Å². The summed E-state index contributed by atoms with van der Waals surface area (Å²) in [5.41, 5.74) is 5.31. The van der Waals surface area contributed by atoms with Crippen LogP contribution >= 0.6 is 11.8 Å². The lowest BCUT2D eigenvalue weighted by Gasteiger charge is -2.05. The number of carbonyl (C=O) groups excluding carboxylic acids is 1. The van der Waals surface area contributed by atoms with Crippen LogP contribution in [0.25, 0.3) is 0 Å². The molecule has 0 heterocycles. The first-order valence-electron chi connectivity index (χ1n) is 4.67. The van der Waals surface area contributed by atoms with Crippen molar-refractivity contribution in [3.8, 4) is 0 Å². The Labute approximate surface area is 93.4 Å². The van der Waals surface area contributed by atoms with E-state index < -0.39 is 12.0 Å². The molecule has 0 radical (unpaired) electrons. The van der Waals surface area contributed by atoms with Gasteiger partial charge >= 0.3 is 5.97 Å². The molecule has 0 rings (SSSR count). The van der Waals surface area contributed by atoms with Gasteiger partial charge in [0.2, 0.25) is 0 Å². The van der Waals surface area contributed by atoms with Crippen molar-refractivity contribution in [3.63, 3.8) is 0 Å². The highest BCUT2D eigenvalue weighted by Crippen LogP contribution is 2.06. The smallest absolute Gasteiger partial charge is 0.320 e. The van der Waals surface area contributed by atoms with Crippen LogP contribution in [0.3, 0.4) is 0 Å². The zero-order valence-electron chi connectivity index (χ0n) is 8.77. The van der Waals surface area contributed by atoms with E-state index in [1.807, 2.05) is 0 Å². The normalized spacial score (nSPS) is 12.4. The SMILES string of the molecule is CC(=O)COCSCCCC(N)C(=O)O. The lowest BCUT2D eigenvalue weighted by molar-refractivity contribution is -0.138. The van der Waals surface area contributed by atoms with Gasteiger partial charge in [-0.05, 0) is 25.5 Å². The summed E-state index contributed by atoms with van der Waals surface area (Å²) in [5.74, 6) is 0.289. The molecule has 1 unspecified atom stereocenters. The van der Waals surface area contributed by atoms with Crippen molar-refractivity contribution in [2.75, 3.05) is 18.3 Å². The second-order valence-electron chi connectivity index (χ2n) is 3.16. The maximum atomic E-state index is 10.5. The van der Waals surface area contributed by atoms with Gasteiger partial charge in [0.1, 0.15) is 12.6 Å². The van der Waals surface area contributed by atoms with E-state index in [2.05, 4.69) is 0 Å². The minimum absolute atomic E-state index is 0.00324. The number of Topliss-reactive ketones (excluding diaryl/α,β-unsaturated/α-hetero) is 1. The van der Waals surface area contributed by atoms with Crippen molar-refractivity contribution in [1.29, 1.82) is 0 Å². The zero-order chi connectivity index (χ0) is 11.7. The standard InChI is InChI=1S/C9H17NO4S/c1-7(11)5-14-6-15-4-2-3-8(10)9(12)13/h8H,2-6,10H2,1H3,(H,12,13). The molecule has 0 amide bonds. The number of carbonyl (C=O) groups is 2. The van der Waals surface area contributed by atoms with Crippen LogP contribution < -0.4 is 5.73 Å². The number of carboxylic acid groups (broad SMARTS) is 1. The first kappa shape index (κ1) is 14.4. The number of hydrogen-bond acceptors (Lipinski definition) is 5. The first-order chi connectivity index (χ1) is 7.04. The molecule has 3 N–H and O–H groups in total. The third-order valence-electron chi connectivity index (χ3n) is 1.59. The molecule has 1 atom stereocenters. The van der Waals surface area contributed by atoms with Crippen LogP contribution in [0.4, 0.5) is 0 Å². The molecule has 0 saturated carbocycles. The molecule has 0 spiro atoms. The largest absolute Gasteiger partial charge is 0.480 e.